The van der Waals surface area contributed by atoms with Crippen molar-refractivity contribution in [3.8, 4) is 0 Å². The topological polar surface area (TPSA) is 18.5 Å². The third kappa shape index (κ3) is 2.78. The fraction of sp³-hybridized carbons (Fsp3) is 0.667. The highest BCUT2D eigenvalue weighted by molar-refractivity contribution is 6.47. The Hall–Kier alpha value is -0.795. The monoisotopic (exact) mass is 288 g/mol. The van der Waals surface area contributed by atoms with Crippen LogP contribution in [0.15, 0.2) is 30.3 Å². The van der Waals surface area contributed by atoms with Crippen molar-refractivity contribution in [3.63, 3.8) is 0 Å². The number of benzene rings is 1. The molecule has 21 heavy (non-hydrogen) atoms. The maximum absolute atomic E-state index is 6.27. The van der Waals surface area contributed by atoms with Crippen LogP contribution < -0.4 is 0 Å². The molecule has 0 radical (unpaired) electrons. The summed E-state index contributed by atoms with van der Waals surface area (Å²) in [5.74, 6) is 0.283. The highest BCUT2D eigenvalue weighted by atomic mass is 16.7. The van der Waals surface area contributed by atoms with E-state index >= 15 is 0 Å². The van der Waals surface area contributed by atoms with Crippen molar-refractivity contribution < 1.29 is 9.31 Å². The van der Waals surface area contributed by atoms with Crippen molar-refractivity contribution in [1.29, 1.82) is 0 Å². The van der Waals surface area contributed by atoms with Crippen molar-refractivity contribution in [1.82, 2.24) is 0 Å². The van der Waals surface area contributed by atoms with Gasteiger partial charge in [0.25, 0.3) is 0 Å². The minimum atomic E-state index is -0.267. The Morgan fingerprint density at radius 2 is 1.52 bits per heavy atom. The molecule has 0 unspecified atom stereocenters. The van der Waals surface area contributed by atoms with Crippen molar-refractivity contribution in [3.05, 3.63) is 35.9 Å². The first-order valence-electron chi connectivity index (χ1n) is 8.05. The lowest BCUT2D eigenvalue weighted by molar-refractivity contribution is 0.00578. The molecule has 2 rings (SSSR count). The zero-order valence-corrected chi connectivity index (χ0v) is 14.6. The van der Waals surface area contributed by atoms with E-state index in [1.165, 1.54) is 5.56 Å². The largest absolute Gasteiger partial charge is 0.461 e. The van der Waals surface area contributed by atoms with E-state index < -0.39 is 0 Å². The highest BCUT2D eigenvalue weighted by Crippen LogP contribution is 2.47. The molecule has 1 heterocycles. The van der Waals surface area contributed by atoms with Gasteiger partial charge in [-0.3, -0.25) is 0 Å². The zero-order valence-electron chi connectivity index (χ0n) is 14.6. The number of hydrogen-bond acceptors (Lipinski definition) is 2. The van der Waals surface area contributed by atoms with E-state index in [1.807, 2.05) is 0 Å². The van der Waals surface area contributed by atoms with E-state index in [0.29, 0.717) is 0 Å². The molecule has 2 atom stereocenters. The van der Waals surface area contributed by atoms with Crippen molar-refractivity contribution in [2.45, 2.75) is 77.3 Å². The number of rotatable bonds is 4. The van der Waals surface area contributed by atoms with Gasteiger partial charge in [-0.1, -0.05) is 51.1 Å². The Kier molecular flexibility index (Phi) is 4.29. The van der Waals surface area contributed by atoms with Crippen molar-refractivity contribution in [2.24, 2.45) is 0 Å². The molecule has 1 saturated heterocycles. The van der Waals surface area contributed by atoms with Gasteiger partial charge in [-0.2, -0.15) is 0 Å². The standard InChI is InChI=1S/C18H29BO2/c1-8-18(7,15-12-10-9-11-13-15)14(2)19-20-16(3,4)17(5,6)21-19/h9-14H,8H2,1-7H3/t14-,18+/m1/s1. The summed E-state index contributed by atoms with van der Waals surface area (Å²) in [4.78, 5) is 0. The van der Waals surface area contributed by atoms with Gasteiger partial charge in [-0.05, 0) is 45.1 Å². The summed E-state index contributed by atoms with van der Waals surface area (Å²) in [5.41, 5.74) is 0.867. The van der Waals surface area contributed by atoms with Gasteiger partial charge in [-0.25, -0.2) is 0 Å². The zero-order chi connectivity index (χ0) is 15.9. The molecule has 2 nitrogen and oxygen atoms in total. The summed E-state index contributed by atoms with van der Waals surface area (Å²) in [6.45, 7) is 15.3. The molecular weight excluding hydrogens is 259 g/mol. The lowest BCUT2D eigenvalue weighted by Crippen LogP contribution is -2.41. The Labute approximate surface area is 130 Å². The molecule has 0 bridgehead atoms. The van der Waals surface area contributed by atoms with E-state index in [0.717, 1.165) is 6.42 Å². The third-order valence-electron chi connectivity index (χ3n) is 5.85. The van der Waals surface area contributed by atoms with Gasteiger partial charge >= 0.3 is 7.12 Å². The molecule has 1 aromatic rings. The summed E-state index contributed by atoms with van der Waals surface area (Å²) < 4.78 is 12.5. The summed E-state index contributed by atoms with van der Waals surface area (Å²) in [7, 11) is -0.167. The first-order valence-corrected chi connectivity index (χ1v) is 8.05. The molecule has 0 amide bonds. The average molecular weight is 288 g/mol. The molecule has 0 saturated carbocycles. The van der Waals surface area contributed by atoms with Gasteiger partial charge in [0.2, 0.25) is 0 Å². The summed E-state index contributed by atoms with van der Waals surface area (Å²) in [5, 5.41) is 0. The predicted octanol–water partition coefficient (Wildman–Crippen LogP) is 4.84. The molecule has 0 aliphatic carbocycles. The number of hydrogen-bond donors (Lipinski definition) is 0. The lowest BCUT2D eigenvalue weighted by atomic mass is 9.55. The Morgan fingerprint density at radius 3 is 1.95 bits per heavy atom. The quantitative estimate of drug-likeness (QED) is 0.738. The fourth-order valence-corrected chi connectivity index (χ4v) is 3.00. The molecule has 1 aromatic carbocycles. The normalized spacial score (nSPS) is 24.6. The SMILES string of the molecule is CC[C@](C)(c1ccccc1)[C@@H](C)B1OC(C)(C)C(C)(C)O1. The minimum Gasteiger partial charge on any atom is -0.403 e. The van der Waals surface area contributed by atoms with E-state index in [4.69, 9.17) is 9.31 Å². The van der Waals surface area contributed by atoms with E-state index in [9.17, 15) is 0 Å². The molecule has 3 heteroatoms. The molecule has 116 valence electrons. The third-order valence-corrected chi connectivity index (χ3v) is 5.85. The van der Waals surface area contributed by atoms with Gasteiger partial charge in [0.1, 0.15) is 0 Å². The van der Waals surface area contributed by atoms with Crippen LogP contribution in [-0.2, 0) is 14.7 Å². The molecule has 1 aliphatic heterocycles. The molecule has 0 aromatic heterocycles. The molecule has 0 spiro atoms. The molecule has 0 N–H and O–H groups in total. The van der Waals surface area contributed by atoms with Crippen molar-refractivity contribution in [2.75, 3.05) is 0 Å². The van der Waals surface area contributed by atoms with E-state index in [-0.39, 0.29) is 29.6 Å². The lowest BCUT2D eigenvalue weighted by Gasteiger charge is -2.36. The van der Waals surface area contributed by atoms with Gasteiger partial charge in [-0.15, -0.1) is 0 Å². The molecule has 1 aliphatic rings. The Morgan fingerprint density at radius 1 is 1.05 bits per heavy atom. The van der Waals surface area contributed by atoms with Crippen LogP contribution >= 0.6 is 0 Å². The van der Waals surface area contributed by atoms with Crippen LogP contribution in [0.5, 0.6) is 0 Å². The van der Waals surface area contributed by atoms with Gasteiger partial charge in [0.05, 0.1) is 11.2 Å². The maximum Gasteiger partial charge on any atom is 0.461 e. The second kappa shape index (κ2) is 5.44. The maximum atomic E-state index is 6.27. The highest BCUT2D eigenvalue weighted by Gasteiger charge is 2.55. The second-order valence-corrected chi connectivity index (χ2v) is 7.55. The summed E-state index contributed by atoms with van der Waals surface area (Å²) in [6, 6.07) is 10.7. The van der Waals surface area contributed by atoms with Gasteiger partial charge < -0.3 is 9.31 Å². The minimum absolute atomic E-state index is 0.0441. The van der Waals surface area contributed by atoms with Crippen LogP contribution in [0.4, 0.5) is 0 Å². The van der Waals surface area contributed by atoms with E-state index in [1.54, 1.807) is 0 Å². The van der Waals surface area contributed by atoms with Crippen molar-refractivity contribution >= 4 is 7.12 Å². The van der Waals surface area contributed by atoms with Gasteiger partial charge in [0.15, 0.2) is 0 Å². The first-order chi connectivity index (χ1) is 9.64. The predicted molar refractivity (Wildman–Crippen MR) is 89.6 cm³/mol. The molecule has 1 fully saturated rings. The fourth-order valence-electron chi connectivity index (χ4n) is 3.00. The summed E-state index contributed by atoms with van der Waals surface area (Å²) >= 11 is 0. The summed E-state index contributed by atoms with van der Waals surface area (Å²) in [6.07, 6.45) is 1.06. The smallest absolute Gasteiger partial charge is 0.403 e. The van der Waals surface area contributed by atoms with Crippen LogP contribution in [-0.4, -0.2) is 18.3 Å². The average Bonchev–Trinajstić information content (AvgIpc) is 2.66. The Bertz CT molecular complexity index is 467. The first kappa shape index (κ1) is 16.6. The van der Waals surface area contributed by atoms with Crippen LogP contribution in [0.25, 0.3) is 0 Å². The Balaban J connectivity index is 2.28. The van der Waals surface area contributed by atoms with Gasteiger partial charge in [0, 0.05) is 5.82 Å². The molecular formula is C18H29BO2. The van der Waals surface area contributed by atoms with E-state index in [2.05, 4.69) is 78.8 Å². The van der Waals surface area contributed by atoms with Crippen LogP contribution in [0, 0.1) is 0 Å². The van der Waals surface area contributed by atoms with Crippen LogP contribution in [0.1, 0.15) is 60.5 Å². The van der Waals surface area contributed by atoms with Crippen LogP contribution in [0.3, 0.4) is 0 Å². The van der Waals surface area contributed by atoms with Crippen LogP contribution in [0.2, 0.25) is 5.82 Å². The second-order valence-electron chi connectivity index (χ2n) is 7.55.